The molecule has 0 bridgehead atoms. The zero-order valence-corrected chi connectivity index (χ0v) is 18.7. The number of rotatable bonds is 5. The van der Waals surface area contributed by atoms with Gasteiger partial charge in [-0.3, -0.25) is 5.32 Å². The molecule has 0 aliphatic heterocycles. The van der Waals surface area contributed by atoms with Crippen molar-refractivity contribution >= 4 is 40.3 Å². The lowest BCUT2D eigenvalue weighted by molar-refractivity contribution is -0.155. The van der Waals surface area contributed by atoms with Gasteiger partial charge in [-0.05, 0) is 73.2 Å². The molecule has 1 N–H and O–H groups in total. The summed E-state index contributed by atoms with van der Waals surface area (Å²) >= 11 is 1.91. The molecule has 2 aromatic rings. The van der Waals surface area contributed by atoms with Crippen molar-refractivity contribution in [3.05, 3.63) is 63.2 Å². The summed E-state index contributed by atoms with van der Waals surface area (Å²) in [5, 5.41) is 2.49. The molecule has 9 heteroatoms. The van der Waals surface area contributed by atoms with E-state index in [9.17, 15) is 22.8 Å². The fourth-order valence-corrected chi connectivity index (χ4v) is 3.07. The van der Waals surface area contributed by atoms with E-state index in [2.05, 4.69) is 5.32 Å². The second-order valence-corrected chi connectivity index (χ2v) is 8.60. The highest BCUT2D eigenvalue weighted by Gasteiger charge is 2.35. The number of esters is 1. The van der Waals surface area contributed by atoms with E-state index in [1.165, 1.54) is 30.3 Å². The van der Waals surface area contributed by atoms with Gasteiger partial charge >= 0.3 is 18.2 Å². The molecule has 0 aliphatic carbocycles. The maximum absolute atomic E-state index is 13.1. The van der Waals surface area contributed by atoms with Gasteiger partial charge in [0.2, 0.25) is 0 Å². The van der Waals surface area contributed by atoms with Gasteiger partial charge in [-0.15, -0.1) is 0 Å². The van der Waals surface area contributed by atoms with Gasteiger partial charge in [-0.2, -0.15) is 13.2 Å². The van der Waals surface area contributed by atoms with Crippen molar-refractivity contribution in [1.82, 2.24) is 0 Å². The summed E-state index contributed by atoms with van der Waals surface area (Å²) in [5.41, 5.74) is -0.0112. The first-order chi connectivity index (χ1) is 13.8. The van der Waals surface area contributed by atoms with E-state index in [1.807, 2.05) is 22.6 Å². The molecule has 1 atom stereocenters. The van der Waals surface area contributed by atoms with E-state index in [-0.39, 0.29) is 11.1 Å². The summed E-state index contributed by atoms with van der Waals surface area (Å²) in [7, 11) is 0. The molecule has 0 heterocycles. The van der Waals surface area contributed by atoms with Crippen molar-refractivity contribution in [3.8, 4) is 0 Å². The Kier molecular flexibility index (Phi) is 7.73. The molecular formula is C21H21F3INO4. The Labute approximate surface area is 186 Å². The minimum atomic E-state index is -4.54. The Morgan fingerprint density at radius 1 is 1.03 bits per heavy atom. The minimum absolute atomic E-state index is 0.154. The van der Waals surface area contributed by atoms with Crippen molar-refractivity contribution in [1.29, 1.82) is 0 Å². The van der Waals surface area contributed by atoms with Crippen molar-refractivity contribution in [2.45, 2.75) is 45.1 Å². The van der Waals surface area contributed by atoms with Crippen LogP contribution in [0.25, 0.3) is 0 Å². The van der Waals surface area contributed by atoms with E-state index in [0.717, 1.165) is 0 Å². The molecule has 0 radical (unpaired) electrons. The Morgan fingerprint density at radius 3 is 2.17 bits per heavy atom. The van der Waals surface area contributed by atoms with Crippen LogP contribution in [0.2, 0.25) is 0 Å². The molecule has 0 spiro atoms. The maximum atomic E-state index is 13.1. The molecule has 30 heavy (non-hydrogen) atoms. The number of halogens is 4. The van der Waals surface area contributed by atoms with Gasteiger partial charge in [0.05, 0.1) is 12.0 Å². The number of carbonyl (C=O) groups excluding carboxylic acids is 2. The van der Waals surface area contributed by atoms with Crippen LogP contribution in [0.1, 0.15) is 49.2 Å². The van der Waals surface area contributed by atoms with Gasteiger partial charge < -0.3 is 9.47 Å². The lowest BCUT2D eigenvalue weighted by atomic mass is 10.1. The minimum Gasteiger partial charge on any atom is -0.454 e. The topological polar surface area (TPSA) is 64.6 Å². The second-order valence-electron chi connectivity index (χ2n) is 7.44. The van der Waals surface area contributed by atoms with Crippen molar-refractivity contribution in [2.24, 2.45) is 0 Å². The van der Waals surface area contributed by atoms with Crippen LogP contribution in [0.5, 0.6) is 0 Å². The highest BCUT2D eigenvalue weighted by Crippen LogP contribution is 2.33. The van der Waals surface area contributed by atoms with Crippen LogP contribution in [0.4, 0.5) is 23.7 Å². The summed E-state index contributed by atoms with van der Waals surface area (Å²) in [6, 6.07) is 12.0. The van der Waals surface area contributed by atoms with Crippen LogP contribution in [0.15, 0.2) is 48.5 Å². The number of amides is 1. The fourth-order valence-electron chi connectivity index (χ4n) is 2.46. The molecule has 0 saturated heterocycles. The van der Waals surface area contributed by atoms with Gasteiger partial charge in [0, 0.05) is 9.26 Å². The Hall–Kier alpha value is -2.30. The molecule has 2 rings (SSSR count). The molecule has 5 nitrogen and oxygen atoms in total. The maximum Gasteiger partial charge on any atom is 0.412 e. The quantitative estimate of drug-likeness (QED) is 0.351. The average Bonchev–Trinajstić information content (AvgIpc) is 2.59. The Bertz CT molecular complexity index is 892. The molecule has 0 saturated carbocycles. The molecule has 2 aromatic carbocycles. The second kappa shape index (κ2) is 9.67. The third-order valence-corrected chi connectivity index (χ3v) is 4.63. The van der Waals surface area contributed by atoms with E-state index < -0.39 is 36.4 Å². The number of hydrogen-bond acceptors (Lipinski definition) is 4. The number of nitrogens with one attached hydrogen (secondary N) is 1. The summed E-state index contributed by atoms with van der Waals surface area (Å²) in [6.07, 6.45) is -8.08. The molecule has 0 fully saturated rings. The van der Waals surface area contributed by atoms with Gasteiger partial charge in [0.25, 0.3) is 0 Å². The number of benzene rings is 2. The monoisotopic (exact) mass is 535 g/mol. The lowest BCUT2D eigenvalue weighted by Gasteiger charge is -2.21. The standard InChI is InChI=1S/C21H21F3INO4/c1-20(2,3)30-19(28)26-14-10-8-13(9-11-14)17(12-21(22,23)24)29-18(27)15-6-4-5-7-16(15)25/h4-11,17H,12H2,1-3H3,(H,26,28). The summed E-state index contributed by atoms with van der Waals surface area (Å²) in [5.74, 6) is -0.842. The normalized spacial score (nSPS) is 12.8. The highest BCUT2D eigenvalue weighted by atomic mass is 127. The zero-order valence-electron chi connectivity index (χ0n) is 16.5. The van der Waals surface area contributed by atoms with Crippen LogP contribution in [-0.4, -0.2) is 23.8 Å². The van der Waals surface area contributed by atoms with Crippen LogP contribution in [0, 0.1) is 3.57 Å². The molecule has 162 valence electrons. The SMILES string of the molecule is CC(C)(C)OC(=O)Nc1ccc(C(CC(F)(F)F)OC(=O)c2ccccc2I)cc1. The third kappa shape index (κ3) is 7.85. The fraction of sp³-hybridized carbons (Fsp3) is 0.333. The van der Waals surface area contributed by atoms with E-state index in [4.69, 9.17) is 9.47 Å². The molecule has 0 aliphatic rings. The number of anilines is 1. The first-order valence-electron chi connectivity index (χ1n) is 8.96. The van der Waals surface area contributed by atoms with Crippen LogP contribution >= 0.6 is 22.6 Å². The van der Waals surface area contributed by atoms with Crippen molar-refractivity contribution in [3.63, 3.8) is 0 Å². The molecule has 1 amide bonds. The summed E-state index contributed by atoms with van der Waals surface area (Å²) < 4.78 is 50.1. The van der Waals surface area contributed by atoms with E-state index >= 15 is 0 Å². The first-order valence-corrected chi connectivity index (χ1v) is 10.0. The predicted octanol–water partition coefficient (Wildman–Crippen LogP) is 6.49. The zero-order chi connectivity index (χ0) is 22.5. The summed E-state index contributed by atoms with van der Waals surface area (Å²) in [4.78, 5) is 24.2. The molecular weight excluding hydrogens is 514 g/mol. The van der Waals surface area contributed by atoms with E-state index in [1.54, 1.807) is 39.0 Å². The molecule has 1 unspecified atom stereocenters. The van der Waals surface area contributed by atoms with Gasteiger partial charge in [0.1, 0.15) is 11.7 Å². The van der Waals surface area contributed by atoms with Crippen molar-refractivity contribution in [2.75, 3.05) is 5.32 Å². The van der Waals surface area contributed by atoms with Crippen LogP contribution in [-0.2, 0) is 9.47 Å². The molecule has 0 aromatic heterocycles. The number of hydrogen-bond donors (Lipinski definition) is 1. The van der Waals surface area contributed by atoms with Gasteiger partial charge in [0.15, 0.2) is 0 Å². The lowest BCUT2D eigenvalue weighted by Crippen LogP contribution is -2.27. The highest BCUT2D eigenvalue weighted by molar-refractivity contribution is 14.1. The Balaban J connectivity index is 2.18. The first kappa shape index (κ1) is 24.0. The number of ether oxygens (including phenoxy) is 2. The van der Waals surface area contributed by atoms with Crippen molar-refractivity contribution < 1.29 is 32.2 Å². The largest absolute Gasteiger partial charge is 0.454 e. The van der Waals surface area contributed by atoms with Gasteiger partial charge in [-0.25, -0.2) is 9.59 Å². The number of carbonyl (C=O) groups is 2. The predicted molar refractivity (Wildman–Crippen MR) is 114 cm³/mol. The smallest absolute Gasteiger partial charge is 0.412 e. The van der Waals surface area contributed by atoms with Crippen LogP contribution in [0.3, 0.4) is 0 Å². The third-order valence-electron chi connectivity index (χ3n) is 3.69. The van der Waals surface area contributed by atoms with Gasteiger partial charge in [-0.1, -0.05) is 24.3 Å². The Morgan fingerprint density at radius 2 is 1.63 bits per heavy atom. The average molecular weight is 535 g/mol. The van der Waals surface area contributed by atoms with E-state index in [0.29, 0.717) is 9.26 Å². The number of alkyl halides is 3. The summed E-state index contributed by atoms with van der Waals surface area (Å²) in [6.45, 7) is 5.12. The van der Waals surface area contributed by atoms with Crippen LogP contribution < -0.4 is 5.32 Å².